The van der Waals surface area contributed by atoms with Gasteiger partial charge in [0.05, 0.1) is 11.9 Å². The van der Waals surface area contributed by atoms with E-state index in [9.17, 15) is 22.0 Å². The predicted molar refractivity (Wildman–Crippen MR) is 117 cm³/mol. The van der Waals surface area contributed by atoms with E-state index in [4.69, 9.17) is 0 Å². The van der Waals surface area contributed by atoms with Crippen molar-refractivity contribution in [1.29, 1.82) is 0 Å². The number of halogens is 2. The molecule has 1 aliphatic rings. The van der Waals surface area contributed by atoms with Crippen molar-refractivity contribution >= 4 is 27.3 Å². The average Bonchev–Trinajstić information content (AvgIpc) is 2.74. The van der Waals surface area contributed by atoms with Crippen LogP contribution >= 0.6 is 0 Å². The van der Waals surface area contributed by atoms with Gasteiger partial charge in [-0.15, -0.1) is 0 Å². The molecule has 0 aromatic heterocycles. The summed E-state index contributed by atoms with van der Waals surface area (Å²) in [5.41, 5.74) is 1.90. The first kappa shape index (κ1) is 23.0. The Balaban J connectivity index is 1.67. The van der Waals surface area contributed by atoms with Crippen molar-refractivity contribution < 1.29 is 22.0 Å². The zero-order chi connectivity index (χ0) is 22.6. The number of piperidine rings is 1. The molecule has 1 saturated heterocycles. The van der Waals surface area contributed by atoms with Crippen molar-refractivity contribution in [2.75, 3.05) is 28.6 Å². The number of anilines is 2. The molecule has 1 amide bonds. The molecule has 0 spiro atoms. The number of carbonyl (C=O) groups excluding carboxylic acids is 1. The van der Waals surface area contributed by atoms with Gasteiger partial charge in [-0.05, 0) is 56.0 Å². The molecule has 0 aliphatic carbocycles. The summed E-state index contributed by atoms with van der Waals surface area (Å²) in [6, 6.07) is 9.46. The quantitative estimate of drug-likeness (QED) is 0.700. The lowest BCUT2D eigenvalue weighted by Gasteiger charge is -2.29. The van der Waals surface area contributed by atoms with Gasteiger partial charge in [0.2, 0.25) is 15.9 Å². The molecule has 9 heteroatoms. The summed E-state index contributed by atoms with van der Waals surface area (Å²) < 4.78 is 52.2. The number of nitrogens with one attached hydrogen (secondary N) is 1. The zero-order valence-electron chi connectivity index (χ0n) is 17.6. The fraction of sp³-hybridized carbons (Fsp3) is 0.409. The van der Waals surface area contributed by atoms with Crippen LogP contribution in [0.25, 0.3) is 0 Å². The van der Waals surface area contributed by atoms with Crippen LogP contribution in [-0.2, 0) is 21.4 Å². The summed E-state index contributed by atoms with van der Waals surface area (Å²) in [5.74, 6) is -2.83. The van der Waals surface area contributed by atoms with Gasteiger partial charge in [-0.2, -0.15) is 0 Å². The Hall–Kier alpha value is -2.68. The molecule has 1 fully saturated rings. The molecule has 168 valence electrons. The van der Waals surface area contributed by atoms with Gasteiger partial charge in [0.15, 0.2) is 11.6 Å². The van der Waals surface area contributed by atoms with Crippen LogP contribution in [0.5, 0.6) is 0 Å². The normalized spacial score (nSPS) is 15.4. The van der Waals surface area contributed by atoms with Gasteiger partial charge in [0, 0.05) is 31.4 Å². The molecule has 1 aliphatic heterocycles. The van der Waals surface area contributed by atoms with Gasteiger partial charge in [-0.25, -0.2) is 17.2 Å². The number of sulfonamides is 1. The lowest BCUT2D eigenvalue weighted by atomic mass is 10.1. The Bertz CT molecular complexity index is 1020. The van der Waals surface area contributed by atoms with Crippen LogP contribution in [0.3, 0.4) is 0 Å². The maximum Gasteiger partial charge on any atom is 0.243 e. The molecule has 2 aromatic carbocycles. The SMILES string of the molecule is CC(C(=O)NCc1ccc(N2CCCCC2)cc1)N(c1ccc(F)c(F)c1)S(C)(=O)=O. The first-order valence-corrected chi connectivity index (χ1v) is 12.1. The van der Waals surface area contributed by atoms with Crippen molar-refractivity contribution in [3.05, 3.63) is 59.7 Å². The average molecular weight is 452 g/mol. The first-order valence-electron chi connectivity index (χ1n) is 10.2. The lowest BCUT2D eigenvalue weighted by Crippen LogP contribution is -2.47. The van der Waals surface area contributed by atoms with E-state index in [1.54, 1.807) is 0 Å². The van der Waals surface area contributed by atoms with Crippen molar-refractivity contribution in [3.8, 4) is 0 Å². The van der Waals surface area contributed by atoms with Gasteiger partial charge in [-0.3, -0.25) is 9.10 Å². The summed E-state index contributed by atoms with van der Waals surface area (Å²) in [6.07, 6.45) is 4.54. The number of rotatable bonds is 7. The fourth-order valence-corrected chi connectivity index (χ4v) is 4.91. The van der Waals surface area contributed by atoms with E-state index in [0.29, 0.717) is 0 Å². The van der Waals surface area contributed by atoms with E-state index in [2.05, 4.69) is 10.2 Å². The van der Waals surface area contributed by atoms with Crippen molar-refractivity contribution in [1.82, 2.24) is 5.32 Å². The van der Waals surface area contributed by atoms with Gasteiger partial charge in [0.1, 0.15) is 6.04 Å². The number of hydrogen-bond acceptors (Lipinski definition) is 4. The second-order valence-corrected chi connectivity index (χ2v) is 9.62. The summed E-state index contributed by atoms with van der Waals surface area (Å²) in [4.78, 5) is 15.0. The second-order valence-electron chi connectivity index (χ2n) is 7.77. The summed E-state index contributed by atoms with van der Waals surface area (Å²) in [5, 5.41) is 2.72. The molecule has 0 radical (unpaired) electrons. The van der Waals surface area contributed by atoms with Crippen LogP contribution in [0.2, 0.25) is 0 Å². The Kier molecular flexibility index (Phi) is 7.15. The van der Waals surface area contributed by atoms with Crippen molar-refractivity contribution in [3.63, 3.8) is 0 Å². The van der Waals surface area contributed by atoms with Crippen LogP contribution < -0.4 is 14.5 Å². The maximum atomic E-state index is 13.6. The highest BCUT2D eigenvalue weighted by molar-refractivity contribution is 7.92. The van der Waals surface area contributed by atoms with E-state index in [1.165, 1.54) is 26.2 Å². The monoisotopic (exact) mass is 451 g/mol. The Morgan fingerprint density at radius 1 is 1.06 bits per heavy atom. The van der Waals surface area contributed by atoms with E-state index >= 15 is 0 Å². The minimum Gasteiger partial charge on any atom is -0.372 e. The summed E-state index contributed by atoms with van der Waals surface area (Å²) in [7, 11) is -3.91. The smallest absolute Gasteiger partial charge is 0.243 e. The van der Waals surface area contributed by atoms with Crippen LogP contribution in [0.15, 0.2) is 42.5 Å². The van der Waals surface area contributed by atoms with Gasteiger partial charge < -0.3 is 10.2 Å². The molecule has 0 bridgehead atoms. The molecule has 1 heterocycles. The third kappa shape index (κ3) is 5.72. The number of hydrogen-bond donors (Lipinski definition) is 1. The van der Waals surface area contributed by atoms with Crippen LogP contribution in [0, 0.1) is 11.6 Å². The zero-order valence-corrected chi connectivity index (χ0v) is 18.5. The Morgan fingerprint density at radius 2 is 1.71 bits per heavy atom. The molecule has 1 unspecified atom stereocenters. The molecular weight excluding hydrogens is 424 g/mol. The van der Waals surface area contributed by atoms with E-state index in [1.807, 2.05) is 24.3 Å². The minimum atomic E-state index is -3.91. The largest absolute Gasteiger partial charge is 0.372 e. The third-order valence-corrected chi connectivity index (χ3v) is 6.61. The number of amides is 1. The molecule has 31 heavy (non-hydrogen) atoms. The number of carbonyl (C=O) groups is 1. The van der Waals surface area contributed by atoms with E-state index in [-0.39, 0.29) is 12.2 Å². The van der Waals surface area contributed by atoms with Crippen LogP contribution in [-0.4, -0.2) is 39.7 Å². The molecular formula is C22H27F2N3O3S. The molecule has 1 atom stereocenters. The highest BCUT2D eigenvalue weighted by Gasteiger charge is 2.29. The fourth-order valence-electron chi connectivity index (χ4n) is 3.74. The molecule has 1 N–H and O–H groups in total. The van der Waals surface area contributed by atoms with E-state index < -0.39 is 33.6 Å². The Labute approximate surface area is 181 Å². The first-order chi connectivity index (χ1) is 14.7. The van der Waals surface area contributed by atoms with E-state index in [0.717, 1.165) is 53.1 Å². The van der Waals surface area contributed by atoms with Gasteiger partial charge >= 0.3 is 0 Å². The standard InChI is InChI=1S/C22H27F2N3O3S/c1-16(27(31(2,29)30)19-10-11-20(23)21(24)14-19)22(28)25-15-17-6-8-18(9-7-17)26-12-4-3-5-13-26/h6-11,14,16H,3-5,12-13,15H2,1-2H3,(H,25,28). The number of nitrogens with zero attached hydrogens (tertiary/aromatic N) is 2. The van der Waals surface area contributed by atoms with Crippen LogP contribution in [0.4, 0.5) is 20.2 Å². The van der Waals surface area contributed by atoms with Gasteiger partial charge in [0.25, 0.3) is 0 Å². The maximum absolute atomic E-state index is 13.6. The van der Waals surface area contributed by atoms with Gasteiger partial charge in [-0.1, -0.05) is 12.1 Å². The lowest BCUT2D eigenvalue weighted by molar-refractivity contribution is -0.122. The highest BCUT2D eigenvalue weighted by atomic mass is 32.2. The topological polar surface area (TPSA) is 69.7 Å². The second kappa shape index (κ2) is 9.64. The molecule has 0 saturated carbocycles. The minimum absolute atomic E-state index is 0.116. The third-order valence-electron chi connectivity index (χ3n) is 5.37. The summed E-state index contributed by atoms with van der Waals surface area (Å²) >= 11 is 0. The predicted octanol–water partition coefficient (Wildman–Crippen LogP) is 3.43. The van der Waals surface area contributed by atoms with Crippen molar-refractivity contribution in [2.45, 2.75) is 38.8 Å². The summed E-state index contributed by atoms with van der Waals surface area (Å²) in [6.45, 7) is 3.70. The van der Waals surface area contributed by atoms with Crippen LogP contribution in [0.1, 0.15) is 31.7 Å². The molecule has 6 nitrogen and oxygen atoms in total. The number of benzene rings is 2. The molecule has 3 rings (SSSR count). The highest BCUT2D eigenvalue weighted by Crippen LogP contribution is 2.23. The van der Waals surface area contributed by atoms with Crippen molar-refractivity contribution in [2.24, 2.45) is 0 Å². The molecule has 2 aromatic rings. The Morgan fingerprint density at radius 3 is 2.29 bits per heavy atom.